The Balaban J connectivity index is 1.68. The second kappa shape index (κ2) is 11.1. The summed E-state index contributed by atoms with van der Waals surface area (Å²) in [7, 11) is 0. The van der Waals surface area contributed by atoms with Gasteiger partial charge in [-0.1, -0.05) is 67.4 Å². The largest absolute Gasteiger partial charge is 0.472 e. The Morgan fingerprint density at radius 2 is 1.89 bits per heavy atom. The number of hydrogen-bond acceptors (Lipinski definition) is 6. The first-order valence-electron chi connectivity index (χ1n) is 12.2. The Morgan fingerprint density at radius 1 is 1.17 bits per heavy atom. The number of halogens is 1. The second-order valence-corrected chi connectivity index (χ2v) is 9.20. The van der Waals surface area contributed by atoms with E-state index in [9.17, 15) is 9.59 Å². The molecular weight excluding hydrogens is 468 g/mol. The minimum atomic E-state index is -1.11. The van der Waals surface area contributed by atoms with Crippen LogP contribution in [0.3, 0.4) is 0 Å². The number of likely N-dealkylation sites (tertiary alicyclic amines) is 1. The van der Waals surface area contributed by atoms with Crippen molar-refractivity contribution in [1.82, 2.24) is 10.1 Å². The zero-order chi connectivity index (χ0) is 24.9. The van der Waals surface area contributed by atoms with Crippen LogP contribution in [0.15, 0.2) is 40.9 Å². The molecule has 1 aliphatic rings. The maximum Gasteiger partial charge on any atom is 0.352 e. The number of rotatable bonds is 9. The molecule has 1 amide bonds. The first kappa shape index (κ1) is 25.0. The highest BCUT2D eigenvalue weighted by Gasteiger charge is 2.32. The van der Waals surface area contributed by atoms with Crippen LogP contribution < -0.4 is 4.74 Å². The van der Waals surface area contributed by atoms with Gasteiger partial charge in [0.25, 0.3) is 5.91 Å². The number of amides is 1. The van der Waals surface area contributed by atoms with E-state index in [1.807, 2.05) is 32.0 Å². The Hall–Kier alpha value is -3.06. The van der Waals surface area contributed by atoms with Crippen LogP contribution in [0.5, 0.6) is 5.75 Å². The van der Waals surface area contributed by atoms with Crippen molar-refractivity contribution in [1.29, 1.82) is 0 Å². The van der Waals surface area contributed by atoms with Crippen LogP contribution in [0.2, 0.25) is 5.02 Å². The lowest BCUT2D eigenvalue weighted by Gasteiger charge is -2.24. The zero-order valence-electron chi connectivity index (χ0n) is 20.4. The van der Waals surface area contributed by atoms with Crippen molar-refractivity contribution in [2.75, 3.05) is 13.1 Å². The Labute approximate surface area is 210 Å². The van der Waals surface area contributed by atoms with Crippen molar-refractivity contribution in [3.05, 3.63) is 58.2 Å². The predicted molar refractivity (Wildman–Crippen MR) is 134 cm³/mol. The minimum absolute atomic E-state index is 0.192. The van der Waals surface area contributed by atoms with E-state index in [1.165, 1.54) is 0 Å². The molecule has 0 spiro atoms. The Bertz CT molecular complexity index is 1190. The van der Waals surface area contributed by atoms with Crippen LogP contribution in [-0.2, 0) is 27.2 Å². The topological polar surface area (TPSA) is 81.9 Å². The molecule has 0 aliphatic carbocycles. The summed E-state index contributed by atoms with van der Waals surface area (Å²) in [6.45, 7) is 7.02. The summed E-state index contributed by atoms with van der Waals surface area (Å²) in [5.41, 5.74) is 2.79. The molecule has 2 unspecified atom stereocenters. The number of aromatic nitrogens is 1. The van der Waals surface area contributed by atoms with E-state index in [4.69, 9.17) is 25.6 Å². The fourth-order valence-electron chi connectivity index (χ4n) is 4.47. The number of esters is 1. The summed E-state index contributed by atoms with van der Waals surface area (Å²) in [6, 6.07) is 10.8. The number of ether oxygens (including phenoxy) is 2. The van der Waals surface area contributed by atoms with Gasteiger partial charge < -0.3 is 18.9 Å². The number of fused-ring (bicyclic) bond motifs is 1. The molecule has 1 aromatic heterocycles. The molecule has 7 nitrogen and oxygen atoms in total. The molecule has 3 aromatic rings. The van der Waals surface area contributed by atoms with Crippen molar-refractivity contribution in [2.45, 2.75) is 65.1 Å². The number of carbonyl (C=O) groups is 2. The molecule has 2 heterocycles. The fourth-order valence-corrected chi connectivity index (χ4v) is 4.74. The molecule has 0 N–H and O–H groups in total. The smallest absolute Gasteiger partial charge is 0.352 e. The van der Waals surface area contributed by atoms with Crippen molar-refractivity contribution < 1.29 is 23.6 Å². The van der Waals surface area contributed by atoms with Crippen LogP contribution in [-0.4, -0.2) is 41.1 Å². The minimum Gasteiger partial charge on any atom is -0.472 e. The average molecular weight is 499 g/mol. The number of aryl methyl sites for hydroxylation is 2. The van der Waals surface area contributed by atoms with E-state index in [1.54, 1.807) is 30.0 Å². The first-order chi connectivity index (χ1) is 16.9. The SMILES string of the molecule is CCCc1c(OC(C(=O)OC(C)C(=O)N2CCCC2)c2ccccc2)c(Cl)cc2c(CC)noc12. The third kappa shape index (κ3) is 5.30. The highest BCUT2D eigenvalue weighted by molar-refractivity contribution is 6.33. The predicted octanol–water partition coefficient (Wildman–Crippen LogP) is 5.67. The molecular formula is C27H31ClN2O5. The maximum atomic E-state index is 13.4. The van der Waals surface area contributed by atoms with Gasteiger partial charge in [-0.05, 0) is 38.7 Å². The molecule has 2 atom stereocenters. The molecule has 1 fully saturated rings. The molecule has 35 heavy (non-hydrogen) atoms. The van der Waals surface area contributed by atoms with Crippen LogP contribution in [0.25, 0.3) is 11.0 Å². The summed E-state index contributed by atoms with van der Waals surface area (Å²) in [5, 5.41) is 5.40. The summed E-state index contributed by atoms with van der Waals surface area (Å²) in [4.78, 5) is 27.8. The molecule has 0 bridgehead atoms. The molecule has 1 saturated heterocycles. The fraction of sp³-hybridized carbons (Fsp3) is 0.444. The molecule has 0 radical (unpaired) electrons. The molecule has 8 heteroatoms. The van der Waals surface area contributed by atoms with Gasteiger partial charge in [0.15, 0.2) is 11.7 Å². The Morgan fingerprint density at radius 3 is 2.54 bits per heavy atom. The summed E-state index contributed by atoms with van der Waals surface area (Å²) in [6.07, 6.45) is 2.06. The number of nitrogens with zero attached hydrogens (tertiary/aromatic N) is 2. The lowest BCUT2D eigenvalue weighted by Crippen LogP contribution is -2.39. The molecule has 1 aliphatic heterocycles. The van der Waals surface area contributed by atoms with E-state index >= 15 is 0 Å². The van der Waals surface area contributed by atoms with E-state index in [2.05, 4.69) is 5.16 Å². The van der Waals surface area contributed by atoms with Crippen LogP contribution >= 0.6 is 11.6 Å². The van der Waals surface area contributed by atoms with Gasteiger partial charge in [-0.2, -0.15) is 0 Å². The maximum absolute atomic E-state index is 13.4. The van der Waals surface area contributed by atoms with Gasteiger partial charge in [-0.15, -0.1) is 0 Å². The lowest BCUT2D eigenvalue weighted by atomic mass is 10.0. The van der Waals surface area contributed by atoms with Crippen molar-refractivity contribution in [3.8, 4) is 5.75 Å². The molecule has 186 valence electrons. The van der Waals surface area contributed by atoms with Gasteiger partial charge in [0.05, 0.1) is 10.7 Å². The van der Waals surface area contributed by atoms with Gasteiger partial charge in [0, 0.05) is 29.6 Å². The lowest BCUT2D eigenvalue weighted by molar-refractivity contribution is -0.164. The first-order valence-corrected chi connectivity index (χ1v) is 12.6. The van der Waals surface area contributed by atoms with Crippen LogP contribution in [0.1, 0.15) is 63.0 Å². The van der Waals surface area contributed by atoms with Crippen molar-refractivity contribution >= 4 is 34.4 Å². The molecule has 4 rings (SSSR count). The third-order valence-corrected chi connectivity index (χ3v) is 6.56. The van der Waals surface area contributed by atoms with Crippen molar-refractivity contribution in [2.24, 2.45) is 0 Å². The number of hydrogen-bond donors (Lipinski definition) is 0. The van der Waals surface area contributed by atoms with Gasteiger partial charge in [0.2, 0.25) is 6.10 Å². The van der Waals surface area contributed by atoms with Crippen LogP contribution in [0.4, 0.5) is 0 Å². The second-order valence-electron chi connectivity index (χ2n) is 8.80. The van der Waals surface area contributed by atoms with Gasteiger partial charge in [-0.25, -0.2) is 4.79 Å². The average Bonchev–Trinajstić information content (AvgIpc) is 3.54. The van der Waals surface area contributed by atoms with Crippen LogP contribution in [0, 0.1) is 0 Å². The third-order valence-electron chi connectivity index (χ3n) is 6.28. The number of carbonyl (C=O) groups excluding carboxylic acids is 2. The van der Waals surface area contributed by atoms with Gasteiger partial charge >= 0.3 is 5.97 Å². The standard InChI is InChI=1S/C27H31ClN2O5/c1-4-11-19-24-20(22(5-2)29-35-24)16-21(28)25(19)34-23(18-12-7-6-8-13-18)27(32)33-17(3)26(31)30-14-9-10-15-30/h6-8,12-13,16-17,23H,4-5,9-11,14-15H2,1-3H3. The summed E-state index contributed by atoms with van der Waals surface area (Å²) >= 11 is 6.70. The van der Waals surface area contributed by atoms with E-state index < -0.39 is 18.2 Å². The zero-order valence-corrected chi connectivity index (χ0v) is 21.1. The quantitative estimate of drug-likeness (QED) is 0.353. The van der Waals surface area contributed by atoms with E-state index in [0.29, 0.717) is 47.8 Å². The molecule has 2 aromatic carbocycles. The number of benzene rings is 2. The Kier molecular flexibility index (Phi) is 7.96. The summed E-state index contributed by atoms with van der Waals surface area (Å²) < 4.78 is 17.6. The van der Waals surface area contributed by atoms with Gasteiger partial charge in [-0.3, -0.25) is 4.79 Å². The highest BCUT2D eigenvalue weighted by Crippen LogP contribution is 2.40. The normalized spacial score (nSPS) is 15.3. The van der Waals surface area contributed by atoms with Gasteiger partial charge in [0.1, 0.15) is 5.75 Å². The van der Waals surface area contributed by atoms with Crippen molar-refractivity contribution in [3.63, 3.8) is 0 Å². The molecule has 0 saturated carbocycles. The summed E-state index contributed by atoms with van der Waals surface area (Å²) in [5.74, 6) is -0.478. The highest BCUT2D eigenvalue weighted by atomic mass is 35.5. The monoisotopic (exact) mass is 498 g/mol. The van der Waals surface area contributed by atoms with E-state index in [0.717, 1.165) is 35.9 Å². The van der Waals surface area contributed by atoms with E-state index in [-0.39, 0.29) is 5.91 Å².